The molecule has 0 spiro atoms. The molecule has 0 radical (unpaired) electrons. The SMILES string of the molecule is C[C@H](Sc1ccc([N+](=O)[O-])cc1)C(=O)NCCSc1ccccc1. The van der Waals surface area contributed by atoms with Crippen molar-refractivity contribution in [1.82, 2.24) is 5.32 Å². The number of hydrogen-bond acceptors (Lipinski definition) is 5. The van der Waals surface area contributed by atoms with Crippen LogP contribution in [0.15, 0.2) is 64.4 Å². The smallest absolute Gasteiger partial charge is 0.269 e. The molecule has 0 bridgehead atoms. The molecule has 0 fully saturated rings. The summed E-state index contributed by atoms with van der Waals surface area (Å²) in [6.07, 6.45) is 0. The average Bonchev–Trinajstić information content (AvgIpc) is 2.60. The third-order valence-electron chi connectivity index (χ3n) is 3.14. The summed E-state index contributed by atoms with van der Waals surface area (Å²) in [6.45, 7) is 2.43. The molecule has 2 rings (SSSR count). The Labute approximate surface area is 149 Å². The van der Waals surface area contributed by atoms with E-state index in [1.165, 1.54) is 28.8 Å². The van der Waals surface area contributed by atoms with E-state index in [9.17, 15) is 14.9 Å². The van der Waals surface area contributed by atoms with Gasteiger partial charge in [-0.1, -0.05) is 18.2 Å². The van der Waals surface area contributed by atoms with Gasteiger partial charge in [0.1, 0.15) is 0 Å². The van der Waals surface area contributed by atoms with E-state index in [4.69, 9.17) is 0 Å². The van der Waals surface area contributed by atoms with Crippen LogP contribution in [0, 0.1) is 10.1 Å². The maximum absolute atomic E-state index is 12.1. The van der Waals surface area contributed by atoms with Crippen molar-refractivity contribution in [3.63, 3.8) is 0 Å². The van der Waals surface area contributed by atoms with Crippen molar-refractivity contribution >= 4 is 35.1 Å². The fourth-order valence-corrected chi connectivity index (χ4v) is 3.59. The van der Waals surface area contributed by atoms with Crippen LogP contribution in [0.1, 0.15) is 6.92 Å². The fourth-order valence-electron chi connectivity index (χ4n) is 1.91. The lowest BCUT2D eigenvalue weighted by atomic mass is 10.3. The summed E-state index contributed by atoms with van der Waals surface area (Å²) >= 11 is 3.08. The van der Waals surface area contributed by atoms with Gasteiger partial charge in [0.05, 0.1) is 10.2 Å². The highest BCUT2D eigenvalue weighted by Crippen LogP contribution is 2.25. The topological polar surface area (TPSA) is 72.2 Å². The molecule has 0 aliphatic carbocycles. The highest BCUT2D eigenvalue weighted by molar-refractivity contribution is 8.00. The van der Waals surface area contributed by atoms with E-state index in [-0.39, 0.29) is 16.8 Å². The lowest BCUT2D eigenvalue weighted by molar-refractivity contribution is -0.384. The van der Waals surface area contributed by atoms with Crippen LogP contribution >= 0.6 is 23.5 Å². The summed E-state index contributed by atoms with van der Waals surface area (Å²) in [5.74, 6) is 0.775. The zero-order chi connectivity index (χ0) is 17.4. The molecule has 0 aromatic heterocycles. The van der Waals surface area contributed by atoms with E-state index in [2.05, 4.69) is 5.32 Å². The predicted molar refractivity (Wildman–Crippen MR) is 98.6 cm³/mol. The van der Waals surface area contributed by atoms with Crippen molar-refractivity contribution in [2.45, 2.75) is 22.0 Å². The lowest BCUT2D eigenvalue weighted by Gasteiger charge is -2.11. The monoisotopic (exact) mass is 362 g/mol. The second-order valence-corrected chi connectivity index (χ2v) is 7.55. The van der Waals surface area contributed by atoms with Crippen molar-refractivity contribution in [1.29, 1.82) is 0 Å². The predicted octanol–water partition coefficient (Wildman–Crippen LogP) is 3.98. The second kappa shape index (κ2) is 9.34. The van der Waals surface area contributed by atoms with Gasteiger partial charge in [-0.05, 0) is 31.2 Å². The van der Waals surface area contributed by atoms with Gasteiger partial charge in [-0.3, -0.25) is 14.9 Å². The third-order valence-corrected chi connectivity index (χ3v) is 5.27. The molecule has 24 heavy (non-hydrogen) atoms. The molecule has 0 heterocycles. The summed E-state index contributed by atoms with van der Waals surface area (Å²) in [7, 11) is 0. The number of non-ortho nitro benzene ring substituents is 1. The summed E-state index contributed by atoms with van der Waals surface area (Å²) < 4.78 is 0. The number of nitro groups is 1. The Bertz CT molecular complexity index is 678. The second-order valence-electron chi connectivity index (χ2n) is 4.96. The molecule has 2 aromatic rings. The number of carbonyl (C=O) groups excluding carboxylic acids is 1. The van der Waals surface area contributed by atoms with E-state index in [1.807, 2.05) is 37.3 Å². The van der Waals surface area contributed by atoms with Crippen LogP contribution in [0.5, 0.6) is 0 Å². The van der Waals surface area contributed by atoms with Gasteiger partial charge in [-0.15, -0.1) is 23.5 Å². The molecule has 0 aliphatic rings. The Morgan fingerprint density at radius 2 is 1.79 bits per heavy atom. The molecule has 0 saturated heterocycles. The fraction of sp³-hybridized carbons (Fsp3) is 0.235. The zero-order valence-corrected chi connectivity index (χ0v) is 14.8. The minimum Gasteiger partial charge on any atom is -0.354 e. The Morgan fingerprint density at radius 3 is 2.42 bits per heavy atom. The highest BCUT2D eigenvalue weighted by Gasteiger charge is 2.14. The number of carbonyl (C=O) groups is 1. The molecule has 126 valence electrons. The summed E-state index contributed by atoms with van der Waals surface area (Å²) in [4.78, 5) is 24.3. The van der Waals surface area contributed by atoms with Crippen molar-refractivity contribution in [3.8, 4) is 0 Å². The highest BCUT2D eigenvalue weighted by atomic mass is 32.2. The molecule has 1 atom stereocenters. The van der Waals surface area contributed by atoms with Gasteiger partial charge in [0.25, 0.3) is 5.69 Å². The first-order chi connectivity index (χ1) is 11.6. The van der Waals surface area contributed by atoms with Gasteiger partial charge < -0.3 is 5.32 Å². The quantitative estimate of drug-likeness (QED) is 0.333. The first-order valence-corrected chi connectivity index (χ1v) is 9.29. The molecule has 0 saturated carbocycles. The number of hydrogen-bond donors (Lipinski definition) is 1. The van der Waals surface area contributed by atoms with Gasteiger partial charge in [-0.2, -0.15) is 0 Å². The Hall–Kier alpha value is -1.99. The molecular formula is C17H18N2O3S2. The van der Waals surface area contributed by atoms with E-state index >= 15 is 0 Å². The van der Waals surface area contributed by atoms with Crippen LogP contribution in [0.4, 0.5) is 5.69 Å². The van der Waals surface area contributed by atoms with Gasteiger partial charge in [-0.25, -0.2) is 0 Å². The number of thioether (sulfide) groups is 2. The van der Waals surface area contributed by atoms with E-state index < -0.39 is 4.92 Å². The van der Waals surface area contributed by atoms with Crippen LogP contribution in [0.3, 0.4) is 0 Å². The minimum atomic E-state index is -0.436. The minimum absolute atomic E-state index is 0.0352. The van der Waals surface area contributed by atoms with Crippen LogP contribution in [-0.4, -0.2) is 28.4 Å². The van der Waals surface area contributed by atoms with Crippen LogP contribution in [0.2, 0.25) is 0 Å². The van der Waals surface area contributed by atoms with Crippen molar-refractivity contribution in [3.05, 3.63) is 64.7 Å². The number of nitrogens with one attached hydrogen (secondary N) is 1. The van der Waals surface area contributed by atoms with E-state index in [0.717, 1.165) is 10.6 Å². The van der Waals surface area contributed by atoms with Gasteiger partial charge >= 0.3 is 0 Å². The molecule has 2 aromatic carbocycles. The van der Waals surface area contributed by atoms with Gasteiger partial charge in [0, 0.05) is 34.2 Å². The molecule has 7 heteroatoms. The van der Waals surface area contributed by atoms with Crippen LogP contribution in [0.25, 0.3) is 0 Å². The van der Waals surface area contributed by atoms with Crippen LogP contribution in [-0.2, 0) is 4.79 Å². The Balaban J connectivity index is 1.72. The summed E-state index contributed by atoms with van der Waals surface area (Å²) in [5.41, 5.74) is 0.0504. The Morgan fingerprint density at radius 1 is 1.12 bits per heavy atom. The normalized spacial score (nSPS) is 11.7. The first-order valence-electron chi connectivity index (χ1n) is 7.43. The molecule has 0 unspecified atom stereocenters. The summed E-state index contributed by atoms with van der Waals surface area (Å²) in [6, 6.07) is 16.3. The van der Waals surface area contributed by atoms with E-state index in [1.54, 1.807) is 23.9 Å². The number of nitrogens with zero attached hydrogens (tertiary/aromatic N) is 1. The van der Waals surface area contributed by atoms with Crippen molar-refractivity contribution in [2.75, 3.05) is 12.3 Å². The average molecular weight is 362 g/mol. The number of nitro benzene ring substituents is 1. The molecule has 0 aliphatic heterocycles. The molecular weight excluding hydrogens is 344 g/mol. The third kappa shape index (κ3) is 5.90. The number of amides is 1. The lowest BCUT2D eigenvalue weighted by Crippen LogP contribution is -2.32. The maximum Gasteiger partial charge on any atom is 0.269 e. The van der Waals surface area contributed by atoms with Gasteiger partial charge in [0.15, 0.2) is 0 Å². The van der Waals surface area contributed by atoms with Crippen molar-refractivity contribution in [2.24, 2.45) is 0 Å². The standard InChI is InChI=1S/C17H18N2O3S2/c1-13(24-16-9-7-14(8-10-16)19(21)22)17(20)18-11-12-23-15-5-3-2-4-6-15/h2-10,13H,11-12H2,1H3,(H,18,20)/t13-/m0/s1. The van der Waals surface area contributed by atoms with E-state index in [0.29, 0.717) is 6.54 Å². The molecule has 5 nitrogen and oxygen atoms in total. The number of benzene rings is 2. The first kappa shape index (κ1) is 18.4. The zero-order valence-electron chi connectivity index (χ0n) is 13.2. The Kier molecular flexibility index (Phi) is 7.14. The molecule has 1 amide bonds. The summed E-state index contributed by atoms with van der Waals surface area (Å²) in [5, 5.41) is 13.3. The van der Waals surface area contributed by atoms with Crippen LogP contribution < -0.4 is 5.32 Å². The maximum atomic E-state index is 12.1. The largest absolute Gasteiger partial charge is 0.354 e. The van der Waals surface area contributed by atoms with Crippen molar-refractivity contribution < 1.29 is 9.72 Å². The molecule has 1 N–H and O–H groups in total. The van der Waals surface area contributed by atoms with Gasteiger partial charge in [0.2, 0.25) is 5.91 Å². The number of rotatable bonds is 8.